The second-order valence-corrected chi connectivity index (χ2v) is 8.93. The number of morpholine rings is 1. The Kier molecular flexibility index (Phi) is 7.16. The summed E-state index contributed by atoms with van der Waals surface area (Å²) >= 11 is 0. The Labute approximate surface area is 181 Å². The van der Waals surface area contributed by atoms with Crippen molar-refractivity contribution in [2.24, 2.45) is 4.99 Å². The highest BCUT2D eigenvalue weighted by Crippen LogP contribution is 2.42. The lowest BCUT2D eigenvalue weighted by molar-refractivity contribution is 0.0195. The largest absolute Gasteiger partial charge is 0.497 e. The number of methoxy groups -OCH3 is 1. The van der Waals surface area contributed by atoms with E-state index in [-0.39, 0.29) is 5.41 Å². The smallest absolute Gasteiger partial charge is 0.193 e. The van der Waals surface area contributed by atoms with Crippen molar-refractivity contribution in [2.75, 3.05) is 59.6 Å². The molecule has 0 spiro atoms. The molecule has 6 heteroatoms. The summed E-state index contributed by atoms with van der Waals surface area (Å²) in [6.07, 6.45) is 6.20. The summed E-state index contributed by atoms with van der Waals surface area (Å²) in [6.45, 7) is 9.93. The molecule has 1 aromatic rings. The number of aliphatic imine (C=N–C) groups is 1. The maximum Gasteiger partial charge on any atom is 0.193 e. The Morgan fingerprint density at radius 3 is 2.77 bits per heavy atom. The van der Waals surface area contributed by atoms with Gasteiger partial charge < -0.3 is 19.7 Å². The molecule has 1 saturated carbocycles. The lowest BCUT2D eigenvalue weighted by Gasteiger charge is -2.32. The van der Waals surface area contributed by atoms with Crippen LogP contribution in [0, 0.1) is 0 Å². The number of rotatable bonds is 6. The van der Waals surface area contributed by atoms with E-state index in [2.05, 4.69) is 40.2 Å². The van der Waals surface area contributed by atoms with Crippen LogP contribution in [0.15, 0.2) is 29.3 Å². The predicted octanol–water partition coefficient (Wildman–Crippen LogP) is 2.88. The quantitative estimate of drug-likeness (QED) is 0.573. The van der Waals surface area contributed by atoms with Crippen LogP contribution in [0.5, 0.6) is 5.75 Å². The van der Waals surface area contributed by atoms with Gasteiger partial charge in [-0.15, -0.1) is 0 Å². The molecule has 4 rings (SSSR count). The lowest BCUT2D eigenvalue weighted by atomic mass is 9.79. The number of benzene rings is 1. The number of nitrogens with zero attached hydrogens (tertiary/aromatic N) is 3. The summed E-state index contributed by atoms with van der Waals surface area (Å²) in [5.41, 5.74) is 1.52. The van der Waals surface area contributed by atoms with E-state index in [0.29, 0.717) is 6.04 Å². The van der Waals surface area contributed by atoms with Gasteiger partial charge in [0.25, 0.3) is 0 Å². The number of ether oxygens (including phenoxy) is 2. The zero-order valence-electron chi connectivity index (χ0n) is 18.7. The van der Waals surface area contributed by atoms with Gasteiger partial charge in [-0.1, -0.05) is 25.0 Å². The monoisotopic (exact) mass is 414 g/mol. The maximum atomic E-state index is 5.54. The molecule has 3 fully saturated rings. The molecular weight excluding hydrogens is 376 g/mol. The van der Waals surface area contributed by atoms with Crippen molar-refractivity contribution in [1.82, 2.24) is 15.1 Å². The third kappa shape index (κ3) is 4.75. The van der Waals surface area contributed by atoms with E-state index < -0.39 is 0 Å². The van der Waals surface area contributed by atoms with E-state index in [1.165, 1.54) is 37.7 Å². The van der Waals surface area contributed by atoms with Gasteiger partial charge in [-0.3, -0.25) is 9.89 Å². The Balaban J connectivity index is 1.48. The Bertz CT molecular complexity index is 711. The molecule has 1 atom stereocenters. The molecule has 0 radical (unpaired) electrons. The number of hydrogen-bond donors (Lipinski definition) is 1. The van der Waals surface area contributed by atoms with Crippen LogP contribution in [0.4, 0.5) is 0 Å². The van der Waals surface area contributed by atoms with Gasteiger partial charge in [0.1, 0.15) is 5.75 Å². The topological polar surface area (TPSA) is 49.3 Å². The summed E-state index contributed by atoms with van der Waals surface area (Å²) in [5, 5.41) is 3.57. The summed E-state index contributed by atoms with van der Waals surface area (Å²) < 4.78 is 11.0. The van der Waals surface area contributed by atoms with Gasteiger partial charge in [0.2, 0.25) is 0 Å². The second kappa shape index (κ2) is 10.0. The first kappa shape index (κ1) is 21.4. The number of likely N-dealkylation sites (tertiary alicyclic amines) is 1. The molecule has 0 bridgehead atoms. The van der Waals surface area contributed by atoms with Gasteiger partial charge in [0.15, 0.2) is 5.96 Å². The average molecular weight is 415 g/mol. The molecule has 0 amide bonds. The van der Waals surface area contributed by atoms with Gasteiger partial charge in [0, 0.05) is 44.2 Å². The van der Waals surface area contributed by atoms with Crippen LogP contribution in [-0.4, -0.2) is 81.4 Å². The van der Waals surface area contributed by atoms with E-state index in [9.17, 15) is 0 Å². The molecule has 1 aliphatic carbocycles. The molecule has 2 heterocycles. The van der Waals surface area contributed by atoms with E-state index in [1.54, 1.807) is 7.11 Å². The SMILES string of the molecule is CCNC(=NCC1(c2cccc(OC)c2)CCCC1)N1CCC(N2CCOCC2)C1. The van der Waals surface area contributed by atoms with Crippen molar-refractivity contribution in [1.29, 1.82) is 0 Å². The Morgan fingerprint density at radius 1 is 1.23 bits per heavy atom. The van der Waals surface area contributed by atoms with Crippen LogP contribution in [-0.2, 0) is 10.2 Å². The van der Waals surface area contributed by atoms with E-state index in [0.717, 1.165) is 64.2 Å². The molecule has 1 unspecified atom stereocenters. The van der Waals surface area contributed by atoms with E-state index in [4.69, 9.17) is 14.5 Å². The lowest BCUT2D eigenvalue weighted by Crippen LogP contribution is -2.47. The molecule has 1 aromatic carbocycles. The highest BCUT2D eigenvalue weighted by molar-refractivity contribution is 5.80. The first-order chi connectivity index (χ1) is 14.7. The minimum atomic E-state index is 0.137. The van der Waals surface area contributed by atoms with Crippen LogP contribution in [0.1, 0.15) is 44.6 Å². The van der Waals surface area contributed by atoms with Crippen molar-refractivity contribution in [3.63, 3.8) is 0 Å². The third-order valence-corrected chi connectivity index (χ3v) is 7.13. The average Bonchev–Trinajstić information content (AvgIpc) is 3.48. The molecular formula is C24H38N4O2. The first-order valence-corrected chi connectivity index (χ1v) is 11.7. The van der Waals surface area contributed by atoms with Gasteiger partial charge in [0.05, 0.1) is 26.9 Å². The van der Waals surface area contributed by atoms with Crippen molar-refractivity contribution in [2.45, 2.75) is 50.5 Å². The summed E-state index contributed by atoms with van der Waals surface area (Å²) in [7, 11) is 1.75. The van der Waals surface area contributed by atoms with Gasteiger partial charge in [-0.25, -0.2) is 0 Å². The molecule has 1 N–H and O–H groups in total. The van der Waals surface area contributed by atoms with Crippen LogP contribution in [0.2, 0.25) is 0 Å². The molecule has 0 aromatic heterocycles. The van der Waals surface area contributed by atoms with Crippen molar-refractivity contribution in [3.05, 3.63) is 29.8 Å². The number of guanidine groups is 1. The zero-order chi connectivity index (χ0) is 20.8. The third-order valence-electron chi connectivity index (χ3n) is 7.13. The molecule has 166 valence electrons. The van der Waals surface area contributed by atoms with E-state index >= 15 is 0 Å². The fourth-order valence-corrected chi connectivity index (χ4v) is 5.37. The normalized spacial score (nSPS) is 24.9. The summed E-state index contributed by atoms with van der Waals surface area (Å²) in [6, 6.07) is 9.27. The molecule has 3 aliphatic rings. The van der Waals surface area contributed by atoms with Crippen molar-refractivity contribution in [3.8, 4) is 5.75 Å². The highest BCUT2D eigenvalue weighted by atomic mass is 16.5. The minimum Gasteiger partial charge on any atom is -0.497 e. The fourth-order valence-electron chi connectivity index (χ4n) is 5.37. The maximum absolute atomic E-state index is 5.54. The van der Waals surface area contributed by atoms with Crippen molar-refractivity contribution < 1.29 is 9.47 Å². The van der Waals surface area contributed by atoms with Gasteiger partial charge in [-0.05, 0) is 43.9 Å². The van der Waals surface area contributed by atoms with Crippen LogP contribution in [0.3, 0.4) is 0 Å². The number of nitrogens with one attached hydrogen (secondary N) is 1. The van der Waals surface area contributed by atoms with Crippen LogP contribution in [0.25, 0.3) is 0 Å². The van der Waals surface area contributed by atoms with Crippen LogP contribution >= 0.6 is 0 Å². The van der Waals surface area contributed by atoms with Crippen LogP contribution < -0.4 is 10.1 Å². The summed E-state index contributed by atoms with van der Waals surface area (Å²) in [4.78, 5) is 10.3. The molecule has 2 saturated heterocycles. The standard InChI is InChI=1S/C24H38N4O2/c1-3-25-23(28-12-9-21(18-28)27-13-15-30-16-14-27)26-19-24(10-4-5-11-24)20-7-6-8-22(17-20)29-2/h6-8,17,21H,3-5,9-16,18-19H2,1-2H3,(H,25,26). The highest BCUT2D eigenvalue weighted by Gasteiger charge is 2.36. The Hall–Kier alpha value is -1.79. The van der Waals surface area contributed by atoms with E-state index in [1.807, 2.05) is 6.07 Å². The summed E-state index contributed by atoms with van der Waals surface area (Å²) in [5.74, 6) is 2.03. The van der Waals surface area contributed by atoms with Gasteiger partial charge in [-0.2, -0.15) is 0 Å². The fraction of sp³-hybridized carbons (Fsp3) is 0.708. The number of hydrogen-bond acceptors (Lipinski definition) is 4. The molecule has 6 nitrogen and oxygen atoms in total. The first-order valence-electron chi connectivity index (χ1n) is 11.7. The Morgan fingerprint density at radius 2 is 2.03 bits per heavy atom. The second-order valence-electron chi connectivity index (χ2n) is 8.93. The molecule has 30 heavy (non-hydrogen) atoms. The predicted molar refractivity (Wildman–Crippen MR) is 121 cm³/mol. The minimum absolute atomic E-state index is 0.137. The van der Waals surface area contributed by atoms with Crippen molar-refractivity contribution >= 4 is 5.96 Å². The zero-order valence-corrected chi connectivity index (χ0v) is 18.7. The van der Waals surface area contributed by atoms with Gasteiger partial charge >= 0.3 is 0 Å². The molecule has 2 aliphatic heterocycles.